The van der Waals surface area contributed by atoms with Gasteiger partial charge in [-0.2, -0.15) is 0 Å². The molecule has 176 valence electrons. The van der Waals surface area contributed by atoms with Gasteiger partial charge in [0.25, 0.3) is 11.7 Å². The molecule has 1 aliphatic rings. The topological polar surface area (TPSA) is 70.1 Å². The van der Waals surface area contributed by atoms with Crippen molar-refractivity contribution in [1.29, 1.82) is 0 Å². The molecule has 2 aromatic rings. The van der Waals surface area contributed by atoms with Crippen LogP contribution in [0.5, 0.6) is 5.75 Å². The monoisotopic (exact) mass is 470 g/mol. The van der Waals surface area contributed by atoms with Gasteiger partial charge in [0.05, 0.1) is 23.7 Å². The molecule has 0 bridgehead atoms. The van der Waals surface area contributed by atoms with Gasteiger partial charge < -0.3 is 19.6 Å². The molecule has 33 heavy (non-hydrogen) atoms. The number of likely N-dealkylation sites (tertiary alicyclic amines) is 1. The van der Waals surface area contributed by atoms with Gasteiger partial charge >= 0.3 is 0 Å². The van der Waals surface area contributed by atoms with Gasteiger partial charge in [0, 0.05) is 12.1 Å². The highest BCUT2D eigenvalue weighted by molar-refractivity contribution is 6.46. The van der Waals surface area contributed by atoms with E-state index in [-0.39, 0.29) is 11.3 Å². The fraction of sp³-hybridized carbons (Fsp3) is 0.385. The van der Waals surface area contributed by atoms with E-state index < -0.39 is 17.7 Å². The smallest absolute Gasteiger partial charge is 0.295 e. The molecule has 0 aliphatic carbocycles. The highest BCUT2D eigenvalue weighted by Gasteiger charge is 2.45. The molecule has 1 amide bonds. The number of nitrogens with zero attached hydrogens (tertiary/aromatic N) is 2. The number of ether oxygens (including phenoxy) is 1. The Kier molecular flexibility index (Phi) is 7.82. The zero-order valence-electron chi connectivity index (χ0n) is 19.8. The lowest BCUT2D eigenvalue weighted by Crippen LogP contribution is -2.32. The zero-order chi connectivity index (χ0) is 24.3. The molecule has 0 aromatic heterocycles. The Morgan fingerprint density at radius 2 is 1.82 bits per heavy atom. The second-order valence-corrected chi connectivity index (χ2v) is 9.23. The number of Topliss-reactive ketones (excluding diaryl/α,β-unsaturated/α-hetero) is 1. The second kappa shape index (κ2) is 10.4. The number of aliphatic hydroxyl groups is 1. The Labute approximate surface area is 200 Å². The van der Waals surface area contributed by atoms with Crippen LogP contribution in [0, 0.1) is 0 Å². The first-order chi connectivity index (χ1) is 15.6. The largest absolute Gasteiger partial charge is 0.507 e. The normalized spacial score (nSPS) is 17.9. The summed E-state index contributed by atoms with van der Waals surface area (Å²) in [5.41, 5.74) is 2.37. The van der Waals surface area contributed by atoms with Crippen molar-refractivity contribution in [3.63, 3.8) is 0 Å². The molecule has 0 spiro atoms. The lowest BCUT2D eigenvalue weighted by Gasteiger charge is -2.26. The average Bonchev–Trinajstić information content (AvgIpc) is 3.03. The fourth-order valence-corrected chi connectivity index (χ4v) is 4.30. The van der Waals surface area contributed by atoms with Crippen LogP contribution in [-0.4, -0.2) is 60.9 Å². The van der Waals surface area contributed by atoms with Crippen LogP contribution in [0.15, 0.2) is 48.0 Å². The molecule has 1 unspecified atom stereocenters. The minimum Gasteiger partial charge on any atom is -0.507 e. The van der Waals surface area contributed by atoms with Crippen molar-refractivity contribution < 1.29 is 19.4 Å². The maximum atomic E-state index is 13.1. The third kappa shape index (κ3) is 5.23. The van der Waals surface area contributed by atoms with Gasteiger partial charge in [-0.3, -0.25) is 9.59 Å². The fourth-order valence-electron chi connectivity index (χ4n) is 4.05. The van der Waals surface area contributed by atoms with Gasteiger partial charge in [0.1, 0.15) is 11.5 Å². The van der Waals surface area contributed by atoms with Gasteiger partial charge in [-0.1, -0.05) is 49.7 Å². The van der Waals surface area contributed by atoms with Crippen LogP contribution in [-0.2, 0) is 9.59 Å². The molecule has 6 nitrogen and oxygen atoms in total. The standard InChI is InChI=1S/C26H31ClN2O4/c1-16(2)17-7-9-18(10-8-17)23-22(24(30)19-11-12-21(33-5)20(27)15-19)25(31)26(32)29(23)14-6-13-28(3)4/h7-12,15-16,23,30H,6,13-14H2,1-5H3/b24-22-. The number of methoxy groups -OCH3 is 1. The molecular weight excluding hydrogens is 440 g/mol. The van der Waals surface area contributed by atoms with Crippen LogP contribution in [0.25, 0.3) is 5.76 Å². The average molecular weight is 471 g/mol. The van der Waals surface area contributed by atoms with Crippen LogP contribution in [0.1, 0.15) is 48.9 Å². The maximum absolute atomic E-state index is 13.1. The minimum absolute atomic E-state index is 0.0726. The number of hydrogen-bond donors (Lipinski definition) is 1. The first-order valence-corrected chi connectivity index (χ1v) is 11.4. The van der Waals surface area contributed by atoms with E-state index >= 15 is 0 Å². The maximum Gasteiger partial charge on any atom is 0.295 e. The number of carbonyl (C=O) groups excluding carboxylic acids is 2. The summed E-state index contributed by atoms with van der Waals surface area (Å²) in [6.45, 7) is 5.39. The molecule has 0 radical (unpaired) electrons. The van der Waals surface area contributed by atoms with E-state index in [4.69, 9.17) is 16.3 Å². The molecule has 1 fully saturated rings. The van der Waals surface area contributed by atoms with E-state index in [1.807, 2.05) is 43.3 Å². The molecule has 7 heteroatoms. The van der Waals surface area contributed by atoms with Gasteiger partial charge in [-0.25, -0.2) is 0 Å². The van der Waals surface area contributed by atoms with Crippen molar-refractivity contribution in [2.45, 2.75) is 32.2 Å². The van der Waals surface area contributed by atoms with Crippen molar-refractivity contribution in [3.8, 4) is 5.75 Å². The predicted octanol–water partition coefficient (Wildman–Crippen LogP) is 4.85. The summed E-state index contributed by atoms with van der Waals surface area (Å²) in [7, 11) is 5.42. The summed E-state index contributed by atoms with van der Waals surface area (Å²) >= 11 is 6.25. The van der Waals surface area contributed by atoms with Crippen LogP contribution < -0.4 is 4.74 Å². The lowest BCUT2D eigenvalue weighted by atomic mass is 9.93. The first kappa shape index (κ1) is 24.8. The minimum atomic E-state index is -0.692. The number of aliphatic hydroxyl groups excluding tert-OH is 1. The third-order valence-electron chi connectivity index (χ3n) is 5.89. The number of ketones is 1. The molecule has 1 aliphatic heterocycles. The van der Waals surface area contributed by atoms with Crippen LogP contribution >= 0.6 is 11.6 Å². The van der Waals surface area contributed by atoms with E-state index in [1.165, 1.54) is 13.2 Å². The van der Waals surface area contributed by atoms with E-state index in [9.17, 15) is 14.7 Å². The van der Waals surface area contributed by atoms with E-state index in [1.54, 1.807) is 17.0 Å². The summed E-state index contributed by atoms with van der Waals surface area (Å²) in [5.74, 6) is -0.730. The quantitative estimate of drug-likeness (QED) is 0.339. The predicted molar refractivity (Wildman–Crippen MR) is 131 cm³/mol. The highest BCUT2D eigenvalue weighted by Crippen LogP contribution is 2.40. The zero-order valence-corrected chi connectivity index (χ0v) is 20.5. The van der Waals surface area contributed by atoms with Gasteiger partial charge in [-0.05, 0) is 62.3 Å². The van der Waals surface area contributed by atoms with Crippen molar-refractivity contribution in [1.82, 2.24) is 9.80 Å². The Morgan fingerprint density at radius 3 is 2.36 bits per heavy atom. The summed E-state index contributed by atoms with van der Waals surface area (Å²) < 4.78 is 5.18. The highest BCUT2D eigenvalue weighted by atomic mass is 35.5. The number of carbonyl (C=O) groups is 2. The summed E-state index contributed by atoms with van der Waals surface area (Å²) in [6.07, 6.45) is 0.703. The lowest BCUT2D eigenvalue weighted by molar-refractivity contribution is -0.139. The van der Waals surface area contributed by atoms with Crippen molar-refractivity contribution in [2.24, 2.45) is 0 Å². The number of halogens is 1. The summed E-state index contributed by atoms with van der Waals surface area (Å²) in [5, 5.41) is 11.5. The van der Waals surface area contributed by atoms with Gasteiger partial charge in [0.2, 0.25) is 0 Å². The van der Waals surface area contributed by atoms with Crippen molar-refractivity contribution in [3.05, 3.63) is 69.8 Å². The first-order valence-electron chi connectivity index (χ1n) is 11.0. The third-order valence-corrected chi connectivity index (χ3v) is 6.18. The van der Waals surface area contributed by atoms with Crippen molar-refractivity contribution in [2.75, 3.05) is 34.3 Å². The molecule has 1 heterocycles. The Bertz CT molecular complexity index is 1060. The Balaban J connectivity index is 2.10. The number of hydrogen-bond acceptors (Lipinski definition) is 5. The van der Waals surface area contributed by atoms with Gasteiger partial charge in [0.15, 0.2) is 0 Å². The molecular formula is C26H31ClN2O4. The number of rotatable bonds is 8. The molecule has 1 N–H and O–H groups in total. The molecule has 2 aromatic carbocycles. The Morgan fingerprint density at radius 1 is 1.15 bits per heavy atom. The molecule has 3 rings (SSSR count). The van der Waals surface area contributed by atoms with Gasteiger partial charge in [-0.15, -0.1) is 0 Å². The van der Waals surface area contributed by atoms with Crippen LogP contribution in [0.3, 0.4) is 0 Å². The number of amides is 1. The molecule has 0 saturated carbocycles. The summed E-state index contributed by atoms with van der Waals surface area (Å²) in [4.78, 5) is 29.7. The number of benzene rings is 2. The SMILES string of the molecule is COc1ccc(/C(O)=C2/C(=O)C(=O)N(CCCN(C)C)C2c2ccc(C(C)C)cc2)cc1Cl. The molecule has 1 saturated heterocycles. The van der Waals surface area contributed by atoms with E-state index in [2.05, 4.69) is 13.8 Å². The Hall–Kier alpha value is -2.83. The van der Waals surface area contributed by atoms with E-state index in [0.29, 0.717) is 35.2 Å². The second-order valence-electron chi connectivity index (χ2n) is 8.82. The van der Waals surface area contributed by atoms with Crippen molar-refractivity contribution >= 4 is 29.1 Å². The van der Waals surface area contributed by atoms with Crippen LogP contribution in [0.2, 0.25) is 5.02 Å². The molecule has 1 atom stereocenters. The van der Waals surface area contributed by atoms with E-state index in [0.717, 1.165) is 17.7 Å². The summed E-state index contributed by atoms with van der Waals surface area (Å²) in [6, 6.07) is 12.0. The van der Waals surface area contributed by atoms with Crippen LogP contribution in [0.4, 0.5) is 0 Å².